The summed E-state index contributed by atoms with van der Waals surface area (Å²) in [7, 11) is 3.25. The molecular weight excluding hydrogens is 402 g/mol. The molecule has 0 unspecified atom stereocenters. The molecule has 0 fully saturated rings. The Morgan fingerprint density at radius 1 is 1.12 bits per heavy atom. The van der Waals surface area contributed by atoms with Crippen molar-refractivity contribution in [2.45, 2.75) is 19.3 Å². The standard InChI is InChI=1S/C25H25N5O2/c1-31-22-12-19-21(13-23(22)32-2)29-24(17-6-5-10-26-14-17)30-25(19)27-11-9-16-15-28-20-8-4-3-7-18(16)20/h3,5-7,10,12-15,28H,4,8-9,11H2,1-2H3,(H,27,29,30). The number of anilines is 1. The molecule has 1 aromatic carbocycles. The molecule has 0 amide bonds. The molecule has 3 aromatic heterocycles. The number of nitrogens with one attached hydrogen (secondary N) is 2. The third-order valence-corrected chi connectivity index (χ3v) is 5.74. The Balaban J connectivity index is 1.50. The first-order valence-corrected chi connectivity index (χ1v) is 10.7. The van der Waals surface area contributed by atoms with Gasteiger partial charge in [0.25, 0.3) is 0 Å². The summed E-state index contributed by atoms with van der Waals surface area (Å²) in [5.41, 5.74) is 5.60. The molecule has 1 aliphatic carbocycles. The minimum Gasteiger partial charge on any atom is -0.493 e. The SMILES string of the molecule is COc1cc2nc(-c3cccnc3)nc(NCCc3c[nH]c4c3C=CCC4)c2cc1OC. The van der Waals surface area contributed by atoms with Gasteiger partial charge in [-0.2, -0.15) is 0 Å². The number of aryl methyl sites for hydroxylation is 1. The molecule has 0 bridgehead atoms. The summed E-state index contributed by atoms with van der Waals surface area (Å²) in [5.74, 6) is 2.65. The summed E-state index contributed by atoms with van der Waals surface area (Å²) in [6.07, 6.45) is 13.2. The number of aromatic amines is 1. The number of pyridine rings is 1. The van der Waals surface area contributed by atoms with Crippen LogP contribution >= 0.6 is 0 Å². The highest BCUT2D eigenvalue weighted by Gasteiger charge is 2.15. The Labute approximate surface area is 186 Å². The second-order valence-electron chi connectivity index (χ2n) is 7.69. The summed E-state index contributed by atoms with van der Waals surface area (Å²) in [4.78, 5) is 17.2. The van der Waals surface area contributed by atoms with Gasteiger partial charge in [0.15, 0.2) is 17.3 Å². The molecule has 0 saturated heterocycles. The van der Waals surface area contributed by atoms with E-state index in [1.807, 2.05) is 24.3 Å². The highest BCUT2D eigenvalue weighted by molar-refractivity contribution is 5.93. The van der Waals surface area contributed by atoms with E-state index in [1.165, 1.54) is 16.8 Å². The van der Waals surface area contributed by atoms with E-state index < -0.39 is 0 Å². The number of aromatic nitrogens is 4. The van der Waals surface area contributed by atoms with Gasteiger partial charge in [0.1, 0.15) is 5.82 Å². The van der Waals surface area contributed by atoms with Crippen molar-refractivity contribution in [1.29, 1.82) is 0 Å². The number of hydrogen-bond donors (Lipinski definition) is 2. The lowest BCUT2D eigenvalue weighted by Crippen LogP contribution is -2.09. The Hall–Kier alpha value is -3.87. The smallest absolute Gasteiger partial charge is 0.163 e. The van der Waals surface area contributed by atoms with Crippen LogP contribution in [0.3, 0.4) is 0 Å². The maximum atomic E-state index is 5.51. The van der Waals surface area contributed by atoms with E-state index in [4.69, 9.17) is 19.4 Å². The van der Waals surface area contributed by atoms with Crippen LogP contribution in [0.5, 0.6) is 11.5 Å². The van der Waals surface area contributed by atoms with Crippen LogP contribution in [0.4, 0.5) is 5.82 Å². The van der Waals surface area contributed by atoms with Crippen LogP contribution in [0.25, 0.3) is 28.4 Å². The van der Waals surface area contributed by atoms with Crippen molar-refractivity contribution >= 4 is 22.8 Å². The van der Waals surface area contributed by atoms with Gasteiger partial charge in [-0.05, 0) is 48.6 Å². The number of nitrogens with zero attached hydrogens (tertiary/aromatic N) is 3. The van der Waals surface area contributed by atoms with Gasteiger partial charge < -0.3 is 19.8 Å². The van der Waals surface area contributed by atoms with Gasteiger partial charge in [0, 0.05) is 47.8 Å². The van der Waals surface area contributed by atoms with E-state index in [0.717, 1.165) is 48.1 Å². The number of methoxy groups -OCH3 is 2. The van der Waals surface area contributed by atoms with Crippen LogP contribution in [0.1, 0.15) is 23.2 Å². The Morgan fingerprint density at radius 2 is 2.00 bits per heavy atom. The summed E-state index contributed by atoms with van der Waals surface area (Å²) in [6, 6.07) is 7.64. The minimum atomic E-state index is 0.613. The van der Waals surface area contributed by atoms with Gasteiger partial charge in [0.05, 0.1) is 19.7 Å². The van der Waals surface area contributed by atoms with E-state index in [0.29, 0.717) is 17.3 Å². The van der Waals surface area contributed by atoms with E-state index in [1.54, 1.807) is 26.6 Å². The molecule has 0 saturated carbocycles. The third kappa shape index (κ3) is 3.77. The number of allylic oxidation sites excluding steroid dienone is 1. The summed E-state index contributed by atoms with van der Waals surface area (Å²) in [6.45, 7) is 0.741. The zero-order chi connectivity index (χ0) is 21.9. The van der Waals surface area contributed by atoms with Crippen LogP contribution in [0.2, 0.25) is 0 Å². The van der Waals surface area contributed by atoms with Crippen molar-refractivity contribution in [2.24, 2.45) is 0 Å². The molecule has 3 heterocycles. The second kappa shape index (κ2) is 8.70. The van der Waals surface area contributed by atoms with E-state index in [2.05, 4.69) is 33.6 Å². The molecule has 7 heteroatoms. The molecule has 0 spiro atoms. The summed E-state index contributed by atoms with van der Waals surface area (Å²) >= 11 is 0. The maximum Gasteiger partial charge on any atom is 0.163 e. The normalized spacial score (nSPS) is 12.6. The zero-order valence-electron chi connectivity index (χ0n) is 18.2. The fourth-order valence-corrected chi connectivity index (χ4v) is 4.10. The lowest BCUT2D eigenvalue weighted by atomic mass is 10.0. The average molecular weight is 428 g/mol. The van der Waals surface area contributed by atoms with Gasteiger partial charge >= 0.3 is 0 Å². The molecule has 5 rings (SSSR count). The first-order valence-electron chi connectivity index (χ1n) is 10.7. The highest BCUT2D eigenvalue weighted by Crippen LogP contribution is 2.35. The minimum absolute atomic E-state index is 0.613. The van der Waals surface area contributed by atoms with Crippen molar-refractivity contribution < 1.29 is 9.47 Å². The molecule has 162 valence electrons. The van der Waals surface area contributed by atoms with Gasteiger partial charge in [-0.1, -0.05) is 12.2 Å². The topological polar surface area (TPSA) is 85.0 Å². The summed E-state index contributed by atoms with van der Waals surface area (Å²) in [5, 5.41) is 4.41. The van der Waals surface area contributed by atoms with Gasteiger partial charge in [-0.15, -0.1) is 0 Å². The first-order chi connectivity index (χ1) is 15.8. The fraction of sp³-hybridized carbons (Fsp3) is 0.240. The maximum absolute atomic E-state index is 5.51. The number of hydrogen-bond acceptors (Lipinski definition) is 6. The first kappa shape index (κ1) is 20.1. The molecule has 0 aliphatic heterocycles. The van der Waals surface area contributed by atoms with Crippen molar-refractivity contribution in [3.05, 3.63) is 65.8 Å². The monoisotopic (exact) mass is 427 g/mol. The number of benzene rings is 1. The molecule has 0 radical (unpaired) electrons. The molecule has 7 nitrogen and oxygen atoms in total. The van der Waals surface area contributed by atoms with Crippen molar-refractivity contribution in [2.75, 3.05) is 26.1 Å². The Bertz CT molecular complexity index is 1280. The molecule has 32 heavy (non-hydrogen) atoms. The molecular formula is C25H25N5O2. The molecule has 1 aliphatic rings. The predicted octanol–water partition coefficient (Wildman–Crippen LogP) is 4.65. The number of fused-ring (bicyclic) bond motifs is 2. The van der Waals surface area contributed by atoms with E-state index in [9.17, 15) is 0 Å². The van der Waals surface area contributed by atoms with Crippen molar-refractivity contribution in [3.63, 3.8) is 0 Å². The van der Waals surface area contributed by atoms with Crippen LogP contribution in [-0.2, 0) is 12.8 Å². The largest absolute Gasteiger partial charge is 0.493 e. The van der Waals surface area contributed by atoms with Crippen molar-refractivity contribution in [3.8, 4) is 22.9 Å². The Kier molecular flexibility index (Phi) is 5.46. The average Bonchev–Trinajstić information content (AvgIpc) is 3.26. The predicted molar refractivity (Wildman–Crippen MR) is 126 cm³/mol. The highest BCUT2D eigenvalue weighted by atomic mass is 16.5. The molecule has 4 aromatic rings. The van der Waals surface area contributed by atoms with Gasteiger partial charge in [-0.25, -0.2) is 9.97 Å². The quantitative estimate of drug-likeness (QED) is 0.447. The van der Waals surface area contributed by atoms with Crippen LogP contribution in [0, 0.1) is 0 Å². The zero-order valence-corrected chi connectivity index (χ0v) is 18.2. The second-order valence-corrected chi connectivity index (χ2v) is 7.69. The summed E-state index contributed by atoms with van der Waals surface area (Å²) < 4.78 is 11.0. The van der Waals surface area contributed by atoms with E-state index >= 15 is 0 Å². The van der Waals surface area contributed by atoms with Crippen molar-refractivity contribution in [1.82, 2.24) is 19.9 Å². The van der Waals surface area contributed by atoms with Crippen LogP contribution < -0.4 is 14.8 Å². The van der Waals surface area contributed by atoms with Crippen LogP contribution in [0.15, 0.2) is 48.9 Å². The van der Waals surface area contributed by atoms with Crippen LogP contribution in [-0.4, -0.2) is 40.7 Å². The Morgan fingerprint density at radius 3 is 2.81 bits per heavy atom. The number of ether oxygens (including phenoxy) is 2. The lowest BCUT2D eigenvalue weighted by molar-refractivity contribution is 0.356. The van der Waals surface area contributed by atoms with E-state index in [-0.39, 0.29) is 0 Å². The number of H-pyrrole nitrogens is 1. The molecule has 2 N–H and O–H groups in total. The third-order valence-electron chi connectivity index (χ3n) is 5.74. The number of rotatable bonds is 7. The van der Waals surface area contributed by atoms with Gasteiger partial charge in [0.2, 0.25) is 0 Å². The molecule has 0 atom stereocenters. The lowest BCUT2D eigenvalue weighted by Gasteiger charge is -2.14. The van der Waals surface area contributed by atoms with Gasteiger partial charge in [-0.3, -0.25) is 4.98 Å². The fourth-order valence-electron chi connectivity index (χ4n) is 4.10.